The number of nitrogens with zero attached hydrogens (tertiary/aromatic N) is 2. The number of piperidine rings is 1. The summed E-state index contributed by atoms with van der Waals surface area (Å²) in [6, 6.07) is 14.6. The van der Waals surface area contributed by atoms with E-state index < -0.39 is 5.82 Å². The molecule has 1 aliphatic rings. The molecule has 3 aromatic rings. The predicted octanol–water partition coefficient (Wildman–Crippen LogP) is 4.52. The molecule has 5 nitrogen and oxygen atoms in total. The summed E-state index contributed by atoms with van der Waals surface area (Å²) in [5.74, 6) is 0.516. The van der Waals surface area contributed by atoms with Crippen molar-refractivity contribution in [3.63, 3.8) is 0 Å². The highest BCUT2D eigenvalue weighted by Gasteiger charge is 2.30. The van der Waals surface area contributed by atoms with Gasteiger partial charge in [0.2, 0.25) is 5.91 Å². The summed E-state index contributed by atoms with van der Waals surface area (Å²) in [4.78, 5) is 22.9. The van der Waals surface area contributed by atoms with Crippen molar-refractivity contribution < 1.29 is 13.9 Å². The van der Waals surface area contributed by atoms with Gasteiger partial charge in [0, 0.05) is 6.54 Å². The molecule has 6 heteroatoms. The van der Waals surface area contributed by atoms with Gasteiger partial charge in [-0.3, -0.25) is 4.79 Å². The Kier molecular flexibility index (Phi) is 5.60. The van der Waals surface area contributed by atoms with Crippen LogP contribution in [0.3, 0.4) is 0 Å². The number of halogens is 1. The molecule has 0 saturated carbocycles. The topological polar surface area (TPSA) is 58.2 Å². The van der Waals surface area contributed by atoms with E-state index in [1.165, 1.54) is 13.2 Å². The van der Waals surface area contributed by atoms with E-state index in [-0.39, 0.29) is 24.1 Å². The van der Waals surface area contributed by atoms with E-state index in [9.17, 15) is 9.18 Å². The van der Waals surface area contributed by atoms with Gasteiger partial charge < -0.3 is 14.6 Å². The van der Waals surface area contributed by atoms with Gasteiger partial charge in [-0.1, -0.05) is 36.4 Å². The number of nitrogens with one attached hydrogen (secondary N) is 1. The summed E-state index contributed by atoms with van der Waals surface area (Å²) in [7, 11) is 1.43. The highest BCUT2D eigenvalue weighted by Crippen LogP contribution is 2.31. The first kappa shape index (κ1) is 19.2. The number of benzene rings is 2. The third-order valence-electron chi connectivity index (χ3n) is 5.39. The second kappa shape index (κ2) is 8.47. The molecule has 0 aliphatic carbocycles. The summed E-state index contributed by atoms with van der Waals surface area (Å²) < 4.78 is 18.9. The van der Waals surface area contributed by atoms with E-state index in [0.717, 1.165) is 36.3 Å². The van der Waals surface area contributed by atoms with Gasteiger partial charge in [0.25, 0.3) is 0 Å². The maximum absolute atomic E-state index is 14.0. The van der Waals surface area contributed by atoms with Crippen LogP contribution in [0, 0.1) is 5.82 Å². The Labute approximate surface area is 169 Å². The van der Waals surface area contributed by atoms with Crippen LogP contribution in [-0.4, -0.2) is 34.4 Å². The number of rotatable bonds is 5. The minimum Gasteiger partial charge on any atom is -0.494 e. The van der Waals surface area contributed by atoms with Gasteiger partial charge in [-0.05, 0) is 42.5 Å². The lowest BCUT2D eigenvalue weighted by molar-refractivity contribution is -0.134. The summed E-state index contributed by atoms with van der Waals surface area (Å²) in [6.45, 7) is 0.684. The summed E-state index contributed by atoms with van der Waals surface area (Å²) >= 11 is 0. The van der Waals surface area contributed by atoms with Crippen LogP contribution in [0.2, 0.25) is 0 Å². The molecule has 4 rings (SSSR count). The lowest BCUT2D eigenvalue weighted by Crippen LogP contribution is -2.39. The average Bonchev–Trinajstić information content (AvgIpc) is 3.25. The second-order valence-electron chi connectivity index (χ2n) is 7.29. The normalized spacial score (nSPS) is 16.6. The van der Waals surface area contributed by atoms with E-state index in [2.05, 4.69) is 9.97 Å². The van der Waals surface area contributed by atoms with E-state index >= 15 is 0 Å². The molecule has 1 fully saturated rings. The molecular formula is C23H24FN3O2. The Bertz CT molecular complexity index is 987. The van der Waals surface area contributed by atoms with Crippen molar-refractivity contribution in [3.8, 4) is 17.0 Å². The third kappa shape index (κ3) is 4.16. The lowest BCUT2D eigenvalue weighted by Gasteiger charge is -2.34. The molecule has 1 atom stereocenters. The molecule has 1 aliphatic heterocycles. The summed E-state index contributed by atoms with van der Waals surface area (Å²) in [6.07, 6.45) is 4.85. The van der Waals surface area contributed by atoms with Crippen LogP contribution >= 0.6 is 0 Å². The highest BCUT2D eigenvalue weighted by molar-refractivity contribution is 5.79. The van der Waals surface area contributed by atoms with Gasteiger partial charge >= 0.3 is 0 Å². The summed E-state index contributed by atoms with van der Waals surface area (Å²) in [5, 5.41) is 0. The van der Waals surface area contributed by atoms with Gasteiger partial charge in [-0.15, -0.1) is 0 Å². The molecule has 1 saturated heterocycles. The third-order valence-corrected chi connectivity index (χ3v) is 5.39. The Balaban J connectivity index is 1.52. The van der Waals surface area contributed by atoms with Crippen LogP contribution in [0.15, 0.2) is 54.7 Å². The zero-order chi connectivity index (χ0) is 20.2. The number of imidazole rings is 1. The van der Waals surface area contributed by atoms with Crippen molar-refractivity contribution in [2.45, 2.75) is 31.7 Å². The van der Waals surface area contributed by atoms with Gasteiger partial charge in [0.1, 0.15) is 5.82 Å². The number of hydrogen-bond donors (Lipinski definition) is 1. The Morgan fingerprint density at radius 3 is 2.83 bits per heavy atom. The van der Waals surface area contributed by atoms with Crippen LogP contribution < -0.4 is 4.74 Å². The minimum atomic E-state index is -0.452. The van der Waals surface area contributed by atoms with E-state index in [4.69, 9.17) is 4.74 Å². The molecule has 150 valence electrons. The number of likely N-dealkylation sites (tertiary alicyclic amines) is 1. The number of amides is 1. The molecule has 1 N–H and O–H groups in total. The monoisotopic (exact) mass is 393 g/mol. The molecule has 0 radical (unpaired) electrons. The first-order valence-electron chi connectivity index (χ1n) is 9.88. The number of carbonyl (C=O) groups excluding carboxylic acids is 1. The lowest BCUT2D eigenvalue weighted by atomic mass is 10.00. The van der Waals surface area contributed by atoms with Crippen molar-refractivity contribution in [2.75, 3.05) is 13.7 Å². The fourth-order valence-electron chi connectivity index (χ4n) is 3.88. The standard InChI is InChI=1S/C23H24FN3O2/c1-29-21-11-10-16(13-18(21)24)14-22(28)27-12-6-5-9-20(27)23-25-15-19(26-23)17-7-3-2-4-8-17/h2-4,7-8,10-11,13,15,20H,5-6,9,12,14H2,1H3,(H,25,26)/t20-/m0/s1. The molecule has 1 amide bonds. The van der Waals surface area contributed by atoms with Crippen molar-refractivity contribution in [3.05, 3.63) is 71.9 Å². The van der Waals surface area contributed by atoms with Gasteiger partial charge in [0.15, 0.2) is 11.6 Å². The highest BCUT2D eigenvalue weighted by atomic mass is 19.1. The summed E-state index contributed by atoms with van der Waals surface area (Å²) in [5.41, 5.74) is 2.64. The zero-order valence-corrected chi connectivity index (χ0v) is 16.4. The van der Waals surface area contributed by atoms with Crippen LogP contribution in [0.1, 0.15) is 36.7 Å². The van der Waals surface area contributed by atoms with Crippen LogP contribution in [0.4, 0.5) is 4.39 Å². The second-order valence-corrected chi connectivity index (χ2v) is 7.29. The van der Waals surface area contributed by atoms with Gasteiger partial charge in [0.05, 0.1) is 31.5 Å². The average molecular weight is 393 g/mol. The molecule has 2 heterocycles. The Morgan fingerprint density at radius 2 is 2.07 bits per heavy atom. The van der Waals surface area contributed by atoms with Crippen LogP contribution in [0.5, 0.6) is 5.75 Å². The minimum absolute atomic E-state index is 0.0167. The molecule has 0 spiro atoms. The van der Waals surface area contributed by atoms with Gasteiger partial charge in [-0.2, -0.15) is 0 Å². The zero-order valence-electron chi connectivity index (χ0n) is 16.4. The van der Waals surface area contributed by atoms with Crippen molar-refractivity contribution >= 4 is 5.91 Å². The van der Waals surface area contributed by atoms with Crippen LogP contribution in [-0.2, 0) is 11.2 Å². The number of H-pyrrole nitrogens is 1. The van der Waals surface area contributed by atoms with Crippen molar-refractivity contribution in [2.24, 2.45) is 0 Å². The van der Waals surface area contributed by atoms with E-state index in [0.29, 0.717) is 12.1 Å². The predicted molar refractivity (Wildman–Crippen MR) is 109 cm³/mol. The first-order chi connectivity index (χ1) is 14.2. The number of aromatic nitrogens is 2. The number of carbonyl (C=O) groups is 1. The molecule has 0 bridgehead atoms. The fraction of sp³-hybridized carbons (Fsp3) is 0.304. The maximum atomic E-state index is 14.0. The molecular weight excluding hydrogens is 369 g/mol. The number of ether oxygens (including phenoxy) is 1. The van der Waals surface area contributed by atoms with Crippen LogP contribution in [0.25, 0.3) is 11.3 Å². The molecule has 0 unspecified atom stereocenters. The van der Waals surface area contributed by atoms with Gasteiger partial charge in [-0.25, -0.2) is 9.37 Å². The van der Waals surface area contributed by atoms with Crippen molar-refractivity contribution in [1.82, 2.24) is 14.9 Å². The fourth-order valence-corrected chi connectivity index (χ4v) is 3.88. The number of aromatic amines is 1. The number of methoxy groups -OCH3 is 1. The Hall–Kier alpha value is -3.15. The molecule has 29 heavy (non-hydrogen) atoms. The van der Waals surface area contributed by atoms with E-state index in [1.807, 2.05) is 41.4 Å². The molecule has 2 aromatic carbocycles. The van der Waals surface area contributed by atoms with Crippen molar-refractivity contribution in [1.29, 1.82) is 0 Å². The first-order valence-corrected chi connectivity index (χ1v) is 9.88. The molecule has 1 aromatic heterocycles. The largest absolute Gasteiger partial charge is 0.494 e. The smallest absolute Gasteiger partial charge is 0.227 e. The SMILES string of the molecule is COc1ccc(CC(=O)N2CCCC[C@H]2c2ncc(-c3ccccc3)[nH]2)cc1F. The quantitative estimate of drug-likeness (QED) is 0.693. The number of hydrogen-bond acceptors (Lipinski definition) is 3. The maximum Gasteiger partial charge on any atom is 0.227 e. The van der Waals surface area contributed by atoms with E-state index in [1.54, 1.807) is 12.1 Å². The Morgan fingerprint density at radius 1 is 1.24 bits per heavy atom.